The number of imidazole rings is 1. The molecule has 1 N–H and O–H groups in total. The maximum absolute atomic E-state index is 5.32. The Kier molecular flexibility index (Phi) is 2.67. The van der Waals surface area contributed by atoms with Crippen LogP contribution in [-0.2, 0) is 20.0 Å². The molecule has 0 aliphatic heterocycles. The molecule has 0 saturated heterocycles. The zero-order valence-corrected chi connectivity index (χ0v) is 10.7. The van der Waals surface area contributed by atoms with Gasteiger partial charge >= 0.3 is 0 Å². The van der Waals surface area contributed by atoms with Crippen LogP contribution in [0.2, 0.25) is 0 Å². The van der Waals surface area contributed by atoms with Crippen LogP contribution in [0.5, 0.6) is 0 Å². The van der Waals surface area contributed by atoms with E-state index in [1.165, 1.54) is 0 Å². The van der Waals surface area contributed by atoms with E-state index >= 15 is 0 Å². The summed E-state index contributed by atoms with van der Waals surface area (Å²) in [5, 5.41) is 7.93. The molecule has 3 heterocycles. The minimum atomic E-state index is 0.708. The van der Waals surface area contributed by atoms with Gasteiger partial charge in [-0.1, -0.05) is 0 Å². The lowest BCUT2D eigenvalue weighted by Gasteiger charge is -2.03. The van der Waals surface area contributed by atoms with E-state index in [-0.39, 0.29) is 0 Å². The van der Waals surface area contributed by atoms with Crippen LogP contribution >= 0.6 is 12.2 Å². The standard InChI is InChI=1S/C11H12N6S/c1-16-7-13-15-10(16)3-5-17-9-2-4-12-6-8(9)14-11(17)18/h2,4,6-7H,3,5H2,1H3,(H,14,18). The van der Waals surface area contributed by atoms with Gasteiger partial charge in [0.2, 0.25) is 0 Å². The molecule has 0 aliphatic carbocycles. The fourth-order valence-electron chi connectivity index (χ4n) is 1.98. The zero-order chi connectivity index (χ0) is 12.5. The highest BCUT2D eigenvalue weighted by Gasteiger charge is 2.06. The van der Waals surface area contributed by atoms with E-state index < -0.39 is 0 Å². The van der Waals surface area contributed by atoms with Gasteiger partial charge in [-0.05, 0) is 18.3 Å². The summed E-state index contributed by atoms with van der Waals surface area (Å²) in [6.07, 6.45) is 6.04. The van der Waals surface area contributed by atoms with Crippen molar-refractivity contribution < 1.29 is 0 Å². The number of nitrogens with zero attached hydrogens (tertiary/aromatic N) is 5. The van der Waals surface area contributed by atoms with Gasteiger partial charge < -0.3 is 14.1 Å². The molecule has 0 fully saturated rings. The first-order valence-electron chi connectivity index (χ1n) is 5.61. The maximum Gasteiger partial charge on any atom is 0.178 e. The Morgan fingerprint density at radius 1 is 1.44 bits per heavy atom. The largest absolute Gasteiger partial charge is 0.329 e. The molecule has 18 heavy (non-hydrogen) atoms. The van der Waals surface area contributed by atoms with Crippen LogP contribution < -0.4 is 0 Å². The van der Waals surface area contributed by atoms with E-state index in [9.17, 15) is 0 Å². The van der Waals surface area contributed by atoms with E-state index in [1.54, 1.807) is 18.7 Å². The Hall–Kier alpha value is -2.02. The van der Waals surface area contributed by atoms with Crippen molar-refractivity contribution in [3.63, 3.8) is 0 Å². The van der Waals surface area contributed by atoms with Crippen LogP contribution in [0.25, 0.3) is 11.0 Å². The number of aryl methyl sites for hydroxylation is 3. The maximum atomic E-state index is 5.32. The molecule has 0 atom stereocenters. The molecule has 6 nitrogen and oxygen atoms in total. The molecular formula is C11H12N6S. The second kappa shape index (κ2) is 4.34. The summed E-state index contributed by atoms with van der Waals surface area (Å²) in [7, 11) is 1.94. The monoisotopic (exact) mass is 260 g/mol. The molecule has 0 bridgehead atoms. The van der Waals surface area contributed by atoms with Crippen molar-refractivity contribution in [1.82, 2.24) is 29.3 Å². The second-order valence-corrected chi connectivity index (χ2v) is 4.47. The van der Waals surface area contributed by atoms with E-state index in [4.69, 9.17) is 12.2 Å². The van der Waals surface area contributed by atoms with Gasteiger partial charge in [-0.25, -0.2) is 0 Å². The summed E-state index contributed by atoms with van der Waals surface area (Å²) in [5.41, 5.74) is 2.03. The fraction of sp³-hybridized carbons (Fsp3) is 0.273. The fourth-order valence-corrected chi connectivity index (χ4v) is 2.28. The van der Waals surface area contributed by atoms with Gasteiger partial charge in [-0.15, -0.1) is 10.2 Å². The van der Waals surface area contributed by atoms with Crippen molar-refractivity contribution in [2.24, 2.45) is 7.05 Å². The van der Waals surface area contributed by atoms with E-state index in [2.05, 4.69) is 24.7 Å². The SMILES string of the molecule is Cn1cnnc1CCn1c(=S)[nH]c2cnccc21. The van der Waals surface area contributed by atoms with E-state index in [1.807, 2.05) is 17.7 Å². The summed E-state index contributed by atoms with van der Waals surface area (Å²) >= 11 is 5.32. The number of pyridine rings is 1. The molecule has 0 aliphatic rings. The van der Waals surface area contributed by atoms with Gasteiger partial charge in [-0.2, -0.15) is 0 Å². The van der Waals surface area contributed by atoms with Crippen LogP contribution in [0, 0.1) is 4.77 Å². The molecule has 0 unspecified atom stereocenters. The Morgan fingerprint density at radius 2 is 2.33 bits per heavy atom. The molecule has 3 aromatic rings. The average Bonchev–Trinajstić information content (AvgIpc) is 2.90. The van der Waals surface area contributed by atoms with Crippen molar-refractivity contribution in [1.29, 1.82) is 0 Å². The molecular weight excluding hydrogens is 248 g/mol. The van der Waals surface area contributed by atoms with Crippen molar-refractivity contribution in [2.75, 3.05) is 0 Å². The molecule has 0 saturated carbocycles. The van der Waals surface area contributed by atoms with Gasteiger partial charge in [0.25, 0.3) is 0 Å². The Morgan fingerprint density at radius 3 is 3.11 bits per heavy atom. The van der Waals surface area contributed by atoms with Gasteiger partial charge in [-0.3, -0.25) is 4.98 Å². The first-order chi connectivity index (χ1) is 8.75. The van der Waals surface area contributed by atoms with Crippen LogP contribution in [0.15, 0.2) is 24.8 Å². The number of nitrogens with one attached hydrogen (secondary N) is 1. The molecule has 7 heteroatoms. The van der Waals surface area contributed by atoms with E-state index in [0.717, 1.165) is 29.8 Å². The highest BCUT2D eigenvalue weighted by atomic mass is 32.1. The first kappa shape index (κ1) is 11.1. The topological polar surface area (TPSA) is 64.3 Å². The van der Waals surface area contributed by atoms with Gasteiger partial charge in [0, 0.05) is 26.2 Å². The van der Waals surface area contributed by atoms with Crippen molar-refractivity contribution in [3.05, 3.63) is 35.4 Å². The van der Waals surface area contributed by atoms with Crippen LogP contribution in [0.1, 0.15) is 5.82 Å². The summed E-state index contributed by atoms with van der Waals surface area (Å²) in [5.74, 6) is 0.945. The smallest absolute Gasteiger partial charge is 0.178 e. The lowest BCUT2D eigenvalue weighted by Crippen LogP contribution is -2.05. The number of hydrogen-bond donors (Lipinski definition) is 1. The molecule has 3 aromatic heterocycles. The molecule has 0 spiro atoms. The number of aromatic nitrogens is 6. The zero-order valence-electron chi connectivity index (χ0n) is 9.87. The second-order valence-electron chi connectivity index (χ2n) is 4.08. The predicted octanol–water partition coefficient (Wildman–Crippen LogP) is 1.47. The lowest BCUT2D eigenvalue weighted by atomic mass is 10.3. The van der Waals surface area contributed by atoms with Crippen molar-refractivity contribution >= 4 is 23.3 Å². The number of hydrogen-bond acceptors (Lipinski definition) is 4. The lowest BCUT2D eigenvalue weighted by molar-refractivity contribution is 0.656. The van der Waals surface area contributed by atoms with Crippen LogP contribution in [0.4, 0.5) is 0 Å². The van der Waals surface area contributed by atoms with Gasteiger partial charge in [0.15, 0.2) is 4.77 Å². The third-order valence-electron chi connectivity index (χ3n) is 2.94. The van der Waals surface area contributed by atoms with Crippen LogP contribution in [0.3, 0.4) is 0 Å². The summed E-state index contributed by atoms with van der Waals surface area (Å²) in [6.45, 7) is 0.773. The van der Waals surface area contributed by atoms with Crippen molar-refractivity contribution in [2.45, 2.75) is 13.0 Å². The number of H-pyrrole nitrogens is 1. The molecule has 0 aromatic carbocycles. The molecule has 0 amide bonds. The highest BCUT2D eigenvalue weighted by molar-refractivity contribution is 7.71. The summed E-state index contributed by atoms with van der Waals surface area (Å²) in [6, 6.07) is 1.96. The van der Waals surface area contributed by atoms with Crippen molar-refractivity contribution in [3.8, 4) is 0 Å². The number of rotatable bonds is 3. The van der Waals surface area contributed by atoms with Crippen LogP contribution in [-0.4, -0.2) is 29.3 Å². The molecule has 92 valence electrons. The molecule has 3 rings (SSSR count). The number of fused-ring (bicyclic) bond motifs is 1. The Bertz CT molecular complexity index is 737. The Balaban J connectivity index is 1.93. The predicted molar refractivity (Wildman–Crippen MR) is 69.6 cm³/mol. The third kappa shape index (κ3) is 1.82. The van der Waals surface area contributed by atoms with E-state index in [0.29, 0.717) is 4.77 Å². The number of aromatic amines is 1. The minimum Gasteiger partial charge on any atom is -0.329 e. The Labute approximate surface area is 108 Å². The molecule has 0 radical (unpaired) electrons. The van der Waals surface area contributed by atoms with Gasteiger partial charge in [0.05, 0.1) is 17.2 Å². The summed E-state index contributed by atoms with van der Waals surface area (Å²) < 4.78 is 4.68. The third-order valence-corrected chi connectivity index (χ3v) is 3.26. The minimum absolute atomic E-state index is 0.708. The summed E-state index contributed by atoms with van der Waals surface area (Å²) in [4.78, 5) is 7.22. The normalized spacial score (nSPS) is 11.2. The quantitative estimate of drug-likeness (QED) is 0.724. The highest BCUT2D eigenvalue weighted by Crippen LogP contribution is 2.12. The first-order valence-corrected chi connectivity index (χ1v) is 6.02. The average molecular weight is 260 g/mol. The van der Waals surface area contributed by atoms with Gasteiger partial charge in [0.1, 0.15) is 12.2 Å².